The van der Waals surface area contributed by atoms with Crippen molar-refractivity contribution in [3.8, 4) is 16.3 Å². The van der Waals surface area contributed by atoms with Crippen molar-refractivity contribution in [2.75, 3.05) is 5.32 Å². The second-order valence-corrected chi connectivity index (χ2v) is 9.02. The van der Waals surface area contributed by atoms with Crippen molar-refractivity contribution in [2.45, 2.75) is 6.92 Å². The molecule has 0 radical (unpaired) electrons. The Morgan fingerprint density at radius 1 is 1.03 bits per heavy atom. The van der Waals surface area contributed by atoms with Gasteiger partial charge in [-0.05, 0) is 67.2 Å². The number of carbonyl (C=O) groups is 1. The smallest absolute Gasteiger partial charge is 0.257 e. The van der Waals surface area contributed by atoms with Gasteiger partial charge in [-0.3, -0.25) is 10.1 Å². The van der Waals surface area contributed by atoms with Crippen LogP contribution in [-0.4, -0.2) is 29.9 Å². The summed E-state index contributed by atoms with van der Waals surface area (Å²) in [6.45, 7) is 1.80. The number of fused-ring (bicyclic) bond motifs is 2. The molecule has 0 aliphatic rings. The minimum absolute atomic E-state index is 0.145. The summed E-state index contributed by atoms with van der Waals surface area (Å²) < 4.78 is 9.32. The average Bonchev–Trinajstić information content (AvgIpc) is 3.42. The molecule has 0 spiro atoms. The van der Waals surface area contributed by atoms with Crippen LogP contribution in [0.1, 0.15) is 15.9 Å². The van der Waals surface area contributed by atoms with E-state index >= 15 is 0 Å². The third-order valence-electron chi connectivity index (χ3n) is 4.83. The fraction of sp³-hybridized carbons (Fsp3) is 0.0455. The van der Waals surface area contributed by atoms with Gasteiger partial charge in [0.15, 0.2) is 5.11 Å². The molecule has 2 aromatic heterocycles. The topological polar surface area (TPSA) is 100 Å². The van der Waals surface area contributed by atoms with Crippen LogP contribution in [0.5, 0.6) is 5.75 Å². The molecule has 5 aromatic rings. The van der Waals surface area contributed by atoms with Crippen LogP contribution >= 0.6 is 35.3 Å². The summed E-state index contributed by atoms with van der Waals surface area (Å²) in [6, 6.07) is 16.4. The van der Waals surface area contributed by atoms with Crippen molar-refractivity contribution in [1.29, 1.82) is 0 Å². The molecule has 3 aromatic carbocycles. The highest BCUT2D eigenvalue weighted by molar-refractivity contribution is 7.80. The molecule has 5 rings (SSSR count). The molecule has 32 heavy (non-hydrogen) atoms. The standard InChI is InChI=1S/C22H15N5O2S3/c1-11-8-13(10-14(19(11)28)21-24-16-4-2-3-5-18(16)31-21)23-22(30)25-20(29)12-6-7-15-17(9-12)27-32-26-15/h2-10,28H,1H3,(H2,23,25,29,30). The molecule has 1 amide bonds. The van der Waals surface area contributed by atoms with E-state index in [1.165, 1.54) is 11.3 Å². The van der Waals surface area contributed by atoms with Crippen molar-refractivity contribution in [1.82, 2.24) is 19.0 Å². The zero-order valence-electron chi connectivity index (χ0n) is 16.6. The van der Waals surface area contributed by atoms with Gasteiger partial charge >= 0.3 is 0 Å². The second-order valence-electron chi connectivity index (χ2n) is 7.05. The highest BCUT2D eigenvalue weighted by Gasteiger charge is 2.15. The Morgan fingerprint density at radius 2 is 1.84 bits per heavy atom. The van der Waals surface area contributed by atoms with Crippen molar-refractivity contribution in [3.05, 3.63) is 65.7 Å². The van der Waals surface area contributed by atoms with Gasteiger partial charge in [-0.25, -0.2) is 4.98 Å². The number of para-hydroxylation sites is 1. The molecule has 10 heteroatoms. The number of hydrogen-bond donors (Lipinski definition) is 3. The number of phenolic OH excluding ortho intramolecular Hbond substituents is 1. The van der Waals surface area contributed by atoms with E-state index in [-0.39, 0.29) is 16.8 Å². The first-order valence-corrected chi connectivity index (χ1v) is 11.5. The van der Waals surface area contributed by atoms with Crippen molar-refractivity contribution >= 4 is 73.2 Å². The summed E-state index contributed by atoms with van der Waals surface area (Å²) >= 11 is 7.93. The van der Waals surface area contributed by atoms with E-state index in [2.05, 4.69) is 24.4 Å². The monoisotopic (exact) mass is 477 g/mol. The van der Waals surface area contributed by atoms with Crippen LogP contribution in [0, 0.1) is 6.92 Å². The van der Waals surface area contributed by atoms with Crippen LogP contribution in [0.4, 0.5) is 5.69 Å². The van der Waals surface area contributed by atoms with E-state index < -0.39 is 0 Å². The van der Waals surface area contributed by atoms with Gasteiger partial charge in [-0.1, -0.05) is 12.1 Å². The van der Waals surface area contributed by atoms with Crippen molar-refractivity contribution in [2.24, 2.45) is 0 Å². The fourth-order valence-electron chi connectivity index (χ4n) is 3.26. The Morgan fingerprint density at radius 3 is 2.69 bits per heavy atom. The summed E-state index contributed by atoms with van der Waals surface area (Å²) in [6.07, 6.45) is 0. The first-order valence-electron chi connectivity index (χ1n) is 9.52. The summed E-state index contributed by atoms with van der Waals surface area (Å²) in [7, 11) is 0. The number of thiazole rings is 1. The second kappa shape index (κ2) is 8.23. The lowest BCUT2D eigenvalue weighted by Crippen LogP contribution is -2.34. The number of nitrogens with zero attached hydrogens (tertiary/aromatic N) is 3. The van der Waals surface area contributed by atoms with Crippen LogP contribution in [0.3, 0.4) is 0 Å². The Labute approximate surface area is 196 Å². The molecular weight excluding hydrogens is 462 g/mol. The number of aromatic nitrogens is 3. The first kappa shape index (κ1) is 20.4. The van der Waals surface area contributed by atoms with Crippen molar-refractivity contribution < 1.29 is 9.90 Å². The Bertz CT molecular complexity index is 1480. The largest absolute Gasteiger partial charge is 0.507 e. The SMILES string of the molecule is Cc1cc(NC(=S)NC(=O)c2ccc3nsnc3c2)cc(-c2nc3ccccc3s2)c1O. The predicted molar refractivity (Wildman–Crippen MR) is 133 cm³/mol. The minimum Gasteiger partial charge on any atom is -0.507 e. The van der Waals surface area contributed by atoms with Gasteiger partial charge in [-0.15, -0.1) is 11.3 Å². The molecule has 0 aliphatic carbocycles. The molecule has 2 heterocycles. The number of anilines is 1. The summed E-state index contributed by atoms with van der Waals surface area (Å²) in [5.74, 6) is -0.186. The van der Waals surface area contributed by atoms with Gasteiger partial charge in [-0.2, -0.15) is 8.75 Å². The number of phenols is 1. The average molecular weight is 478 g/mol. The first-order chi connectivity index (χ1) is 15.5. The molecule has 0 aliphatic heterocycles. The number of aromatic hydroxyl groups is 1. The zero-order chi connectivity index (χ0) is 22.2. The maximum absolute atomic E-state index is 12.6. The molecule has 0 saturated heterocycles. The maximum Gasteiger partial charge on any atom is 0.257 e. The molecule has 0 atom stereocenters. The third-order valence-corrected chi connectivity index (χ3v) is 6.66. The van der Waals surface area contributed by atoms with Gasteiger partial charge in [0.2, 0.25) is 0 Å². The number of carbonyl (C=O) groups excluding carboxylic acids is 1. The van der Waals surface area contributed by atoms with E-state index in [0.717, 1.165) is 27.5 Å². The lowest BCUT2D eigenvalue weighted by Gasteiger charge is -2.13. The van der Waals surface area contributed by atoms with Crippen LogP contribution in [0.2, 0.25) is 0 Å². The number of nitrogens with one attached hydrogen (secondary N) is 2. The summed E-state index contributed by atoms with van der Waals surface area (Å²) in [5.41, 5.74) is 4.62. The van der Waals surface area contributed by atoms with E-state index in [0.29, 0.717) is 32.9 Å². The van der Waals surface area contributed by atoms with Crippen LogP contribution in [0.15, 0.2) is 54.6 Å². The molecule has 0 bridgehead atoms. The van der Waals surface area contributed by atoms with E-state index in [9.17, 15) is 9.90 Å². The number of amides is 1. The lowest BCUT2D eigenvalue weighted by atomic mass is 10.1. The Balaban J connectivity index is 1.37. The normalized spacial score (nSPS) is 11.0. The van der Waals surface area contributed by atoms with Gasteiger partial charge < -0.3 is 10.4 Å². The molecule has 0 saturated carbocycles. The molecular formula is C22H15N5O2S3. The Kier molecular flexibility index (Phi) is 5.25. The van der Waals surface area contributed by atoms with Gasteiger partial charge in [0, 0.05) is 11.3 Å². The highest BCUT2D eigenvalue weighted by atomic mass is 32.1. The van der Waals surface area contributed by atoms with Crippen LogP contribution in [-0.2, 0) is 0 Å². The lowest BCUT2D eigenvalue weighted by molar-refractivity contribution is 0.0978. The van der Waals surface area contributed by atoms with Crippen LogP contribution in [0.25, 0.3) is 31.8 Å². The molecule has 0 fully saturated rings. The number of rotatable bonds is 3. The minimum atomic E-state index is -0.348. The predicted octanol–water partition coefficient (Wildman–Crippen LogP) is 5.11. The maximum atomic E-state index is 12.6. The van der Waals surface area contributed by atoms with Gasteiger partial charge in [0.25, 0.3) is 5.91 Å². The zero-order valence-corrected chi connectivity index (χ0v) is 19.1. The molecule has 3 N–H and O–H groups in total. The molecule has 7 nitrogen and oxygen atoms in total. The van der Waals surface area contributed by atoms with Gasteiger partial charge in [0.05, 0.1) is 27.5 Å². The summed E-state index contributed by atoms with van der Waals surface area (Å²) in [4.78, 5) is 17.2. The number of benzene rings is 3. The van der Waals surface area contributed by atoms with E-state index in [4.69, 9.17) is 12.2 Å². The van der Waals surface area contributed by atoms with Gasteiger partial charge in [0.1, 0.15) is 21.8 Å². The third kappa shape index (κ3) is 3.91. The van der Waals surface area contributed by atoms with Crippen LogP contribution < -0.4 is 10.6 Å². The van der Waals surface area contributed by atoms with Crippen molar-refractivity contribution in [3.63, 3.8) is 0 Å². The quantitative estimate of drug-likeness (QED) is 0.245. The molecule has 0 unspecified atom stereocenters. The number of aryl methyl sites for hydroxylation is 1. The number of hydrogen-bond acceptors (Lipinski definition) is 8. The number of thiocarbonyl (C=S) groups is 1. The van der Waals surface area contributed by atoms with E-state index in [1.807, 2.05) is 24.3 Å². The highest BCUT2D eigenvalue weighted by Crippen LogP contribution is 2.38. The summed E-state index contributed by atoms with van der Waals surface area (Å²) in [5, 5.41) is 17.2. The fourth-order valence-corrected chi connectivity index (χ4v) is 4.97. The van der Waals surface area contributed by atoms with E-state index in [1.54, 1.807) is 37.3 Å². The molecule has 158 valence electrons. The Hall–Kier alpha value is -3.47.